The fraction of sp³-hybridized carbons (Fsp3) is 0.524. The summed E-state index contributed by atoms with van der Waals surface area (Å²) in [7, 11) is 0. The Balaban J connectivity index is 1.52. The van der Waals surface area contributed by atoms with E-state index in [-0.39, 0.29) is 29.2 Å². The van der Waals surface area contributed by atoms with Gasteiger partial charge in [0.05, 0.1) is 5.69 Å². The summed E-state index contributed by atoms with van der Waals surface area (Å²) in [6.45, 7) is 6.28. The smallest absolute Gasteiger partial charge is 0.272 e. The first-order valence-electron chi connectivity index (χ1n) is 9.47. The Kier molecular flexibility index (Phi) is 4.13. The Morgan fingerprint density at radius 1 is 1.15 bits per heavy atom. The number of nitrogens with zero attached hydrogens (tertiary/aromatic N) is 2. The molecule has 138 valence electrons. The monoisotopic (exact) mass is 355 g/mol. The number of rotatable bonds is 2. The van der Waals surface area contributed by atoms with Crippen molar-refractivity contribution in [2.24, 2.45) is 0 Å². The predicted molar refractivity (Wildman–Crippen MR) is 98.6 cm³/mol. The van der Waals surface area contributed by atoms with Crippen LogP contribution < -0.4 is 0 Å². The molecule has 2 aliphatic heterocycles. The van der Waals surface area contributed by atoms with Crippen LogP contribution in [0, 0.1) is 5.82 Å². The third kappa shape index (κ3) is 3.04. The second-order valence-corrected chi connectivity index (χ2v) is 8.73. The van der Waals surface area contributed by atoms with Gasteiger partial charge in [0, 0.05) is 17.5 Å². The van der Waals surface area contributed by atoms with Crippen LogP contribution >= 0.6 is 0 Å². The molecule has 2 fully saturated rings. The van der Waals surface area contributed by atoms with Crippen molar-refractivity contribution in [2.75, 3.05) is 0 Å². The lowest BCUT2D eigenvalue weighted by atomic mass is 9.85. The Bertz CT molecular complexity index is 791. The number of carbonyl (C=O) groups is 1. The number of nitrogens with one attached hydrogen (secondary N) is 1. The van der Waals surface area contributed by atoms with E-state index in [2.05, 4.69) is 35.9 Å². The molecule has 1 aromatic heterocycles. The lowest BCUT2D eigenvalue weighted by Gasteiger charge is -2.39. The van der Waals surface area contributed by atoms with Crippen molar-refractivity contribution in [1.82, 2.24) is 15.1 Å². The van der Waals surface area contributed by atoms with E-state index < -0.39 is 0 Å². The lowest BCUT2D eigenvalue weighted by Crippen LogP contribution is -2.46. The Morgan fingerprint density at radius 3 is 2.31 bits per heavy atom. The molecule has 0 saturated carbocycles. The summed E-state index contributed by atoms with van der Waals surface area (Å²) in [5.41, 5.74) is 2.61. The molecule has 26 heavy (non-hydrogen) atoms. The number of carbonyl (C=O) groups excluding carboxylic acids is 1. The molecule has 2 bridgehead atoms. The van der Waals surface area contributed by atoms with Gasteiger partial charge in [-0.25, -0.2) is 4.39 Å². The highest BCUT2D eigenvalue weighted by atomic mass is 19.1. The Labute approximate surface area is 153 Å². The van der Waals surface area contributed by atoms with E-state index in [0.29, 0.717) is 11.6 Å². The molecule has 2 aromatic rings. The van der Waals surface area contributed by atoms with E-state index in [1.54, 1.807) is 0 Å². The predicted octanol–water partition coefficient (Wildman–Crippen LogP) is 4.40. The molecule has 1 N–H and O–H groups in total. The quantitative estimate of drug-likeness (QED) is 0.868. The molecule has 1 amide bonds. The van der Waals surface area contributed by atoms with Gasteiger partial charge in [0.2, 0.25) is 0 Å². The van der Waals surface area contributed by atoms with Crippen LogP contribution in [-0.4, -0.2) is 33.1 Å². The molecule has 2 saturated heterocycles. The molecule has 0 unspecified atom stereocenters. The van der Waals surface area contributed by atoms with E-state index in [1.165, 1.54) is 17.7 Å². The molecule has 4 rings (SSSR count). The number of amides is 1. The van der Waals surface area contributed by atoms with Crippen molar-refractivity contribution >= 4 is 5.91 Å². The van der Waals surface area contributed by atoms with Gasteiger partial charge in [0.25, 0.3) is 5.91 Å². The molecular weight excluding hydrogens is 329 g/mol. The van der Waals surface area contributed by atoms with E-state index in [1.807, 2.05) is 18.2 Å². The van der Waals surface area contributed by atoms with Crippen LogP contribution in [0.2, 0.25) is 0 Å². The third-order valence-electron chi connectivity index (χ3n) is 5.89. The minimum atomic E-state index is -0.196. The third-order valence-corrected chi connectivity index (χ3v) is 5.89. The molecule has 0 aliphatic carbocycles. The topological polar surface area (TPSA) is 49.0 Å². The van der Waals surface area contributed by atoms with E-state index in [0.717, 1.165) is 31.4 Å². The SMILES string of the molecule is CC(C)(C)c1cc(C(=O)N2[C@@H]3CC[C@H]2C[C@@H](c2ccc(F)cc2)C3)[nH]n1. The highest BCUT2D eigenvalue weighted by Gasteiger charge is 2.44. The second kappa shape index (κ2) is 6.22. The number of aromatic amines is 1. The largest absolute Gasteiger partial charge is 0.331 e. The molecule has 2 aliphatic rings. The van der Waals surface area contributed by atoms with Crippen LogP contribution in [0.4, 0.5) is 4.39 Å². The zero-order chi connectivity index (χ0) is 18.5. The van der Waals surface area contributed by atoms with Crippen molar-refractivity contribution in [1.29, 1.82) is 0 Å². The minimum absolute atomic E-state index is 0.0676. The standard InChI is InChI=1S/C21H26FN3O/c1-21(2,3)19-12-18(23-24-19)20(26)25-16-8-9-17(25)11-14(10-16)13-4-6-15(22)7-5-13/h4-7,12,14,16-17H,8-11H2,1-3H3,(H,23,24)/t14-,16+,17-. The highest BCUT2D eigenvalue weighted by Crippen LogP contribution is 2.43. The number of hydrogen-bond acceptors (Lipinski definition) is 2. The van der Waals surface area contributed by atoms with Crippen LogP contribution in [0.15, 0.2) is 30.3 Å². The number of halogens is 1. The maximum absolute atomic E-state index is 13.2. The van der Waals surface area contributed by atoms with Gasteiger partial charge in [-0.2, -0.15) is 5.10 Å². The summed E-state index contributed by atoms with van der Waals surface area (Å²) in [6, 6.07) is 9.27. The van der Waals surface area contributed by atoms with Crippen LogP contribution in [0.25, 0.3) is 0 Å². The van der Waals surface area contributed by atoms with Gasteiger partial charge in [-0.05, 0) is 55.4 Å². The van der Waals surface area contributed by atoms with Crippen LogP contribution in [-0.2, 0) is 5.41 Å². The summed E-state index contributed by atoms with van der Waals surface area (Å²) in [5, 5.41) is 7.28. The molecule has 3 heterocycles. The summed E-state index contributed by atoms with van der Waals surface area (Å²) in [4.78, 5) is 15.2. The molecule has 3 atom stereocenters. The number of hydrogen-bond donors (Lipinski definition) is 1. The first kappa shape index (κ1) is 17.3. The zero-order valence-corrected chi connectivity index (χ0v) is 15.6. The van der Waals surface area contributed by atoms with Crippen molar-refractivity contribution < 1.29 is 9.18 Å². The normalized spacial score (nSPS) is 25.5. The van der Waals surface area contributed by atoms with E-state index in [4.69, 9.17) is 0 Å². The van der Waals surface area contributed by atoms with Gasteiger partial charge in [0.1, 0.15) is 11.5 Å². The Hall–Kier alpha value is -2.17. The average molecular weight is 355 g/mol. The van der Waals surface area contributed by atoms with Crippen LogP contribution in [0.3, 0.4) is 0 Å². The fourth-order valence-electron chi connectivity index (χ4n) is 4.47. The van der Waals surface area contributed by atoms with E-state index >= 15 is 0 Å². The molecule has 0 spiro atoms. The van der Waals surface area contributed by atoms with Crippen molar-refractivity contribution in [3.05, 3.63) is 53.1 Å². The van der Waals surface area contributed by atoms with Crippen LogP contribution in [0.1, 0.15) is 74.1 Å². The minimum Gasteiger partial charge on any atom is -0.331 e. The first-order chi connectivity index (χ1) is 12.3. The van der Waals surface area contributed by atoms with Gasteiger partial charge < -0.3 is 4.90 Å². The lowest BCUT2D eigenvalue weighted by molar-refractivity contribution is 0.0565. The fourth-order valence-corrected chi connectivity index (χ4v) is 4.47. The molecule has 4 nitrogen and oxygen atoms in total. The van der Waals surface area contributed by atoms with E-state index in [9.17, 15) is 9.18 Å². The van der Waals surface area contributed by atoms with Gasteiger partial charge in [-0.15, -0.1) is 0 Å². The highest BCUT2D eigenvalue weighted by molar-refractivity contribution is 5.93. The number of H-pyrrole nitrogens is 1. The average Bonchev–Trinajstić information content (AvgIpc) is 3.18. The van der Waals surface area contributed by atoms with Crippen molar-refractivity contribution in [3.63, 3.8) is 0 Å². The second-order valence-electron chi connectivity index (χ2n) is 8.73. The summed E-state index contributed by atoms with van der Waals surface area (Å²) in [6.07, 6.45) is 4.00. The van der Waals surface area contributed by atoms with Gasteiger partial charge in [0.15, 0.2) is 0 Å². The van der Waals surface area contributed by atoms with Gasteiger partial charge in [-0.1, -0.05) is 32.9 Å². The van der Waals surface area contributed by atoms with Gasteiger partial charge in [-0.3, -0.25) is 9.89 Å². The summed E-state index contributed by atoms with van der Waals surface area (Å²) in [5.74, 6) is 0.278. The number of benzene rings is 1. The summed E-state index contributed by atoms with van der Waals surface area (Å²) >= 11 is 0. The molecule has 0 radical (unpaired) electrons. The van der Waals surface area contributed by atoms with Crippen LogP contribution in [0.5, 0.6) is 0 Å². The molecular formula is C21H26FN3O. The zero-order valence-electron chi connectivity index (χ0n) is 15.6. The molecule has 5 heteroatoms. The number of fused-ring (bicyclic) bond motifs is 2. The number of piperidine rings is 1. The molecule has 1 aromatic carbocycles. The maximum Gasteiger partial charge on any atom is 0.272 e. The van der Waals surface area contributed by atoms with Gasteiger partial charge >= 0.3 is 0 Å². The van der Waals surface area contributed by atoms with Crippen molar-refractivity contribution in [3.8, 4) is 0 Å². The first-order valence-corrected chi connectivity index (χ1v) is 9.47. The number of aromatic nitrogens is 2. The summed E-state index contributed by atoms with van der Waals surface area (Å²) < 4.78 is 13.2. The Morgan fingerprint density at radius 2 is 1.77 bits per heavy atom. The maximum atomic E-state index is 13.2. The van der Waals surface area contributed by atoms with Crippen molar-refractivity contribution in [2.45, 2.75) is 69.9 Å².